The van der Waals surface area contributed by atoms with Crippen LogP contribution < -0.4 is 0 Å². The first kappa shape index (κ1) is 23.0. The summed E-state index contributed by atoms with van der Waals surface area (Å²) in [5.74, 6) is -6.77. The zero-order chi connectivity index (χ0) is 22.6. The molecule has 0 aromatic heterocycles. The highest BCUT2D eigenvalue weighted by atomic mass is 16.6. The molecule has 0 bridgehead atoms. The van der Waals surface area contributed by atoms with E-state index in [0.29, 0.717) is 17.4 Å². The van der Waals surface area contributed by atoms with Crippen LogP contribution in [-0.2, 0) is 23.9 Å². The fourth-order valence-corrected chi connectivity index (χ4v) is 3.66. The van der Waals surface area contributed by atoms with E-state index in [9.17, 15) is 29.4 Å². The van der Waals surface area contributed by atoms with Crippen molar-refractivity contribution >= 4 is 36.0 Å². The molecule has 2 N–H and O–H groups in total. The summed E-state index contributed by atoms with van der Waals surface area (Å²) in [4.78, 5) is 51.6. The van der Waals surface area contributed by atoms with Gasteiger partial charge in [-0.3, -0.25) is 14.6 Å². The van der Waals surface area contributed by atoms with Crippen LogP contribution >= 0.6 is 0 Å². The number of carboxylic acid groups (broad SMARTS) is 2. The van der Waals surface area contributed by atoms with Crippen molar-refractivity contribution in [3.05, 3.63) is 41.5 Å². The van der Waals surface area contributed by atoms with E-state index in [1.165, 1.54) is 19.1 Å². The molecule has 0 amide bonds. The Morgan fingerprint density at radius 1 is 1.10 bits per heavy atom. The SMILES string of the molecule is CC1=NC(C=O)C(C(=O)O)C(c2ccccc2C=CC(=O)OC(C)(C)C)C1C(=O)O. The van der Waals surface area contributed by atoms with Gasteiger partial charge in [-0.15, -0.1) is 0 Å². The van der Waals surface area contributed by atoms with Gasteiger partial charge in [0.15, 0.2) is 0 Å². The van der Waals surface area contributed by atoms with E-state index < -0.39 is 47.3 Å². The number of carboxylic acids is 2. The maximum Gasteiger partial charge on any atom is 0.331 e. The van der Waals surface area contributed by atoms with Crippen molar-refractivity contribution < 1.29 is 34.1 Å². The van der Waals surface area contributed by atoms with Gasteiger partial charge in [0.25, 0.3) is 0 Å². The first-order valence-corrected chi connectivity index (χ1v) is 9.41. The van der Waals surface area contributed by atoms with Crippen LogP contribution in [0.25, 0.3) is 6.08 Å². The minimum atomic E-state index is -1.36. The molecule has 1 heterocycles. The van der Waals surface area contributed by atoms with Crippen molar-refractivity contribution in [3.63, 3.8) is 0 Å². The third-order valence-corrected chi connectivity index (χ3v) is 4.77. The highest BCUT2D eigenvalue weighted by Crippen LogP contribution is 2.41. The molecule has 2 rings (SSSR count). The van der Waals surface area contributed by atoms with E-state index in [4.69, 9.17) is 4.74 Å². The fourth-order valence-electron chi connectivity index (χ4n) is 3.66. The molecule has 160 valence electrons. The Hall–Kier alpha value is -3.29. The molecule has 0 aliphatic carbocycles. The van der Waals surface area contributed by atoms with Crippen LogP contribution in [0.2, 0.25) is 0 Å². The van der Waals surface area contributed by atoms with Crippen molar-refractivity contribution in [2.75, 3.05) is 0 Å². The molecule has 4 atom stereocenters. The molecule has 4 unspecified atom stereocenters. The van der Waals surface area contributed by atoms with Gasteiger partial charge in [-0.2, -0.15) is 0 Å². The number of benzene rings is 1. The zero-order valence-corrected chi connectivity index (χ0v) is 17.2. The van der Waals surface area contributed by atoms with Gasteiger partial charge < -0.3 is 19.7 Å². The molecule has 1 aromatic rings. The normalized spacial score (nSPS) is 24.2. The lowest BCUT2D eigenvalue weighted by Crippen LogP contribution is -2.46. The first-order chi connectivity index (χ1) is 14.0. The van der Waals surface area contributed by atoms with Crippen molar-refractivity contribution in [3.8, 4) is 0 Å². The third-order valence-electron chi connectivity index (χ3n) is 4.77. The summed E-state index contributed by atoms with van der Waals surface area (Å²) < 4.78 is 5.24. The molecule has 0 saturated carbocycles. The summed E-state index contributed by atoms with van der Waals surface area (Å²) in [5, 5.41) is 19.6. The second-order valence-electron chi connectivity index (χ2n) is 8.10. The molecule has 0 fully saturated rings. The van der Waals surface area contributed by atoms with E-state index in [0.717, 1.165) is 0 Å². The van der Waals surface area contributed by atoms with E-state index in [1.807, 2.05) is 0 Å². The van der Waals surface area contributed by atoms with Crippen LogP contribution in [-0.4, -0.2) is 51.8 Å². The van der Waals surface area contributed by atoms with Gasteiger partial charge in [0.2, 0.25) is 0 Å². The molecule has 1 aliphatic rings. The lowest BCUT2D eigenvalue weighted by molar-refractivity contribution is -0.149. The van der Waals surface area contributed by atoms with E-state index in [1.54, 1.807) is 45.0 Å². The predicted octanol–water partition coefficient (Wildman–Crippen LogP) is 2.57. The minimum Gasteiger partial charge on any atom is -0.481 e. The summed E-state index contributed by atoms with van der Waals surface area (Å²) in [6.45, 7) is 6.65. The number of aliphatic carboxylic acids is 2. The Morgan fingerprint density at radius 2 is 1.73 bits per heavy atom. The number of carbonyl (C=O) groups excluding carboxylic acids is 2. The number of aldehydes is 1. The number of rotatable bonds is 6. The van der Waals surface area contributed by atoms with Gasteiger partial charge in [0.1, 0.15) is 23.8 Å². The number of aliphatic imine (C=N–C) groups is 1. The topological polar surface area (TPSA) is 130 Å². The van der Waals surface area contributed by atoms with Crippen molar-refractivity contribution in [2.24, 2.45) is 16.8 Å². The molecule has 8 nitrogen and oxygen atoms in total. The maximum atomic E-state index is 12.1. The van der Waals surface area contributed by atoms with Crippen LogP contribution in [0.3, 0.4) is 0 Å². The molecule has 0 spiro atoms. The van der Waals surface area contributed by atoms with Crippen molar-refractivity contribution in [2.45, 2.75) is 45.3 Å². The number of nitrogens with zero attached hydrogens (tertiary/aromatic N) is 1. The monoisotopic (exact) mass is 415 g/mol. The Balaban J connectivity index is 2.58. The van der Waals surface area contributed by atoms with Crippen LogP contribution in [0.15, 0.2) is 35.3 Å². The Labute approximate surface area is 174 Å². The molecule has 1 aliphatic heterocycles. The van der Waals surface area contributed by atoms with Gasteiger partial charge in [-0.25, -0.2) is 4.79 Å². The second-order valence-corrected chi connectivity index (χ2v) is 8.10. The molecule has 0 saturated heterocycles. The molecular formula is C22H25NO7. The van der Waals surface area contributed by atoms with E-state index >= 15 is 0 Å². The summed E-state index contributed by atoms with van der Waals surface area (Å²) in [5.41, 5.74) is 0.356. The van der Waals surface area contributed by atoms with Crippen LogP contribution in [0.1, 0.15) is 44.7 Å². The lowest BCUT2D eigenvalue weighted by Gasteiger charge is -2.36. The van der Waals surface area contributed by atoms with Gasteiger partial charge in [-0.1, -0.05) is 24.3 Å². The fraction of sp³-hybridized carbons (Fsp3) is 0.409. The Kier molecular flexibility index (Phi) is 6.92. The van der Waals surface area contributed by atoms with Crippen LogP contribution in [0.5, 0.6) is 0 Å². The summed E-state index contributed by atoms with van der Waals surface area (Å²) >= 11 is 0. The molecule has 1 aromatic carbocycles. The highest BCUT2D eigenvalue weighted by molar-refractivity contribution is 6.04. The minimum absolute atomic E-state index is 0.174. The molecule has 30 heavy (non-hydrogen) atoms. The van der Waals surface area contributed by atoms with Gasteiger partial charge in [0.05, 0.1) is 5.92 Å². The number of carbonyl (C=O) groups is 4. The zero-order valence-electron chi connectivity index (χ0n) is 17.2. The number of esters is 1. The highest BCUT2D eigenvalue weighted by Gasteiger charge is 2.48. The summed E-state index contributed by atoms with van der Waals surface area (Å²) in [6.07, 6.45) is 3.08. The van der Waals surface area contributed by atoms with Crippen LogP contribution in [0, 0.1) is 11.8 Å². The van der Waals surface area contributed by atoms with Gasteiger partial charge in [0, 0.05) is 17.7 Å². The Morgan fingerprint density at radius 3 is 2.27 bits per heavy atom. The van der Waals surface area contributed by atoms with E-state index in [2.05, 4.69) is 4.99 Å². The third kappa shape index (κ3) is 5.20. The molecule has 8 heteroatoms. The second kappa shape index (κ2) is 9.02. The average Bonchev–Trinajstić information content (AvgIpc) is 2.63. The van der Waals surface area contributed by atoms with Gasteiger partial charge >= 0.3 is 17.9 Å². The smallest absolute Gasteiger partial charge is 0.331 e. The quantitative estimate of drug-likeness (QED) is 0.415. The van der Waals surface area contributed by atoms with Crippen LogP contribution in [0.4, 0.5) is 0 Å². The Bertz CT molecular complexity index is 910. The van der Waals surface area contributed by atoms with Gasteiger partial charge in [-0.05, 0) is 44.9 Å². The average molecular weight is 415 g/mol. The number of hydrogen-bond donors (Lipinski definition) is 2. The largest absolute Gasteiger partial charge is 0.481 e. The number of ether oxygens (including phenoxy) is 1. The maximum absolute atomic E-state index is 12.1. The first-order valence-electron chi connectivity index (χ1n) is 9.41. The van der Waals surface area contributed by atoms with E-state index in [-0.39, 0.29) is 5.71 Å². The summed E-state index contributed by atoms with van der Waals surface area (Å²) in [6, 6.07) is 5.38. The summed E-state index contributed by atoms with van der Waals surface area (Å²) in [7, 11) is 0. The predicted molar refractivity (Wildman–Crippen MR) is 109 cm³/mol. The van der Waals surface area contributed by atoms with Crippen molar-refractivity contribution in [1.29, 1.82) is 0 Å². The molecular weight excluding hydrogens is 390 g/mol. The number of hydrogen-bond acceptors (Lipinski definition) is 6. The lowest BCUT2D eigenvalue weighted by atomic mass is 9.69. The molecule has 0 radical (unpaired) electrons. The van der Waals surface area contributed by atoms with Crippen molar-refractivity contribution in [1.82, 2.24) is 0 Å². The standard InChI is InChI=1S/C22H25NO7/c1-12-17(20(26)27)18(19(21(28)29)15(11-24)23-12)14-8-6-5-7-13(14)9-10-16(25)30-22(2,3)4/h5-11,15,17-19H,1-4H3,(H,26,27)(H,28,29).